The summed E-state index contributed by atoms with van der Waals surface area (Å²) in [5.41, 5.74) is 1.53. The molecule has 4 rings (SSSR count). The Bertz CT molecular complexity index is 1230. The van der Waals surface area contributed by atoms with Crippen molar-refractivity contribution >= 4 is 32.6 Å². The SMILES string of the molecule is N#Cc1ccc(C(=O)N(Cc2cccnc2)c2nc3c(F)cc(F)cc3s2)cc1. The van der Waals surface area contributed by atoms with Crippen molar-refractivity contribution in [3.63, 3.8) is 0 Å². The van der Waals surface area contributed by atoms with Crippen LogP contribution in [0.1, 0.15) is 21.5 Å². The lowest BCUT2D eigenvalue weighted by molar-refractivity contribution is 0.0985. The zero-order valence-corrected chi connectivity index (χ0v) is 15.7. The predicted molar refractivity (Wildman–Crippen MR) is 105 cm³/mol. The van der Waals surface area contributed by atoms with E-state index in [0.29, 0.717) is 15.8 Å². The molecule has 0 atom stereocenters. The largest absolute Gasteiger partial charge is 0.279 e. The average Bonchev–Trinajstić information content (AvgIpc) is 3.16. The molecule has 0 fully saturated rings. The molecule has 0 saturated carbocycles. The lowest BCUT2D eigenvalue weighted by Crippen LogP contribution is -2.30. The third-order valence-electron chi connectivity index (χ3n) is 4.20. The summed E-state index contributed by atoms with van der Waals surface area (Å²) < 4.78 is 28.0. The van der Waals surface area contributed by atoms with E-state index in [1.165, 1.54) is 11.0 Å². The van der Waals surface area contributed by atoms with Crippen LogP contribution < -0.4 is 4.90 Å². The van der Waals surface area contributed by atoms with Crippen molar-refractivity contribution in [1.82, 2.24) is 9.97 Å². The van der Waals surface area contributed by atoms with Gasteiger partial charge in [0.25, 0.3) is 5.91 Å². The lowest BCUT2D eigenvalue weighted by atomic mass is 10.1. The van der Waals surface area contributed by atoms with Gasteiger partial charge in [0.1, 0.15) is 11.3 Å². The van der Waals surface area contributed by atoms with Gasteiger partial charge in [0.05, 0.1) is 22.9 Å². The van der Waals surface area contributed by atoms with Gasteiger partial charge < -0.3 is 0 Å². The van der Waals surface area contributed by atoms with E-state index in [4.69, 9.17) is 5.26 Å². The molecule has 2 aromatic carbocycles. The van der Waals surface area contributed by atoms with Gasteiger partial charge in [-0.1, -0.05) is 17.4 Å². The molecule has 8 heteroatoms. The van der Waals surface area contributed by atoms with Gasteiger partial charge in [-0.3, -0.25) is 14.7 Å². The summed E-state index contributed by atoms with van der Waals surface area (Å²) in [5, 5.41) is 9.19. The number of halogens is 2. The van der Waals surface area contributed by atoms with Crippen LogP contribution in [0.3, 0.4) is 0 Å². The van der Waals surface area contributed by atoms with Gasteiger partial charge in [-0.25, -0.2) is 13.8 Å². The third-order valence-corrected chi connectivity index (χ3v) is 5.23. The molecular weight excluding hydrogens is 394 g/mol. The molecule has 0 spiro atoms. The number of aromatic nitrogens is 2. The van der Waals surface area contributed by atoms with Crippen molar-refractivity contribution < 1.29 is 13.6 Å². The van der Waals surface area contributed by atoms with Crippen LogP contribution >= 0.6 is 11.3 Å². The van der Waals surface area contributed by atoms with Crippen molar-refractivity contribution in [2.24, 2.45) is 0 Å². The maximum Gasteiger partial charge on any atom is 0.260 e. The van der Waals surface area contributed by atoms with Gasteiger partial charge in [-0.2, -0.15) is 5.26 Å². The Morgan fingerprint density at radius 3 is 2.66 bits per heavy atom. The maximum atomic E-state index is 14.1. The normalized spacial score (nSPS) is 10.7. The first-order chi connectivity index (χ1) is 14.0. The number of nitrogens with zero attached hydrogens (tertiary/aromatic N) is 4. The summed E-state index contributed by atoms with van der Waals surface area (Å²) in [7, 11) is 0. The Balaban J connectivity index is 1.78. The van der Waals surface area contributed by atoms with Crippen molar-refractivity contribution in [2.45, 2.75) is 6.54 Å². The number of hydrogen-bond donors (Lipinski definition) is 0. The van der Waals surface area contributed by atoms with Crippen LogP contribution in [-0.4, -0.2) is 15.9 Å². The van der Waals surface area contributed by atoms with E-state index in [1.807, 2.05) is 6.07 Å². The summed E-state index contributed by atoms with van der Waals surface area (Å²) in [6.45, 7) is 0.149. The number of anilines is 1. The molecule has 5 nitrogen and oxygen atoms in total. The van der Waals surface area contributed by atoms with Gasteiger partial charge in [-0.05, 0) is 42.0 Å². The first-order valence-corrected chi connectivity index (χ1v) is 9.33. The van der Waals surface area contributed by atoms with E-state index in [9.17, 15) is 13.6 Å². The van der Waals surface area contributed by atoms with E-state index in [1.54, 1.807) is 48.8 Å². The fourth-order valence-electron chi connectivity index (χ4n) is 2.80. The molecule has 4 aromatic rings. The number of carbonyl (C=O) groups is 1. The number of amides is 1. The molecule has 2 aromatic heterocycles. The van der Waals surface area contributed by atoms with Crippen LogP contribution in [0.15, 0.2) is 60.9 Å². The first kappa shape index (κ1) is 18.7. The topological polar surface area (TPSA) is 69.9 Å². The lowest BCUT2D eigenvalue weighted by Gasteiger charge is -2.20. The molecule has 0 unspecified atom stereocenters. The number of rotatable bonds is 4. The highest BCUT2D eigenvalue weighted by molar-refractivity contribution is 7.22. The minimum Gasteiger partial charge on any atom is -0.279 e. The smallest absolute Gasteiger partial charge is 0.260 e. The molecule has 0 saturated heterocycles. The molecule has 142 valence electrons. The zero-order valence-electron chi connectivity index (χ0n) is 14.8. The molecule has 0 aliphatic heterocycles. The molecule has 0 N–H and O–H groups in total. The van der Waals surface area contributed by atoms with Gasteiger partial charge >= 0.3 is 0 Å². The molecule has 1 amide bonds. The maximum absolute atomic E-state index is 14.1. The Morgan fingerprint density at radius 1 is 1.17 bits per heavy atom. The van der Waals surface area contributed by atoms with Crippen molar-refractivity contribution in [1.29, 1.82) is 5.26 Å². The van der Waals surface area contributed by atoms with E-state index in [2.05, 4.69) is 9.97 Å². The highest BCUT2D eigenvalue weighted by Gasteiger charge is 2.23. The molecule has 0 aliphatic carbocycles. The van der Waals surface area contributed by atoms with Crippen LogP contribution in [0.5, 0.6) is 0 Å². The fraction of sp³-hybridized carbons (Fsp3) is 0.0476. The van der Waals surface area contributed by atoms with E-state index in [0.717, 1.165) is 23.0 Å². The zero-order chi connectivity index (χ0) is 20.4. The van der Waals surface area contributed by atoms with Gasteiger partial charge in [0.2, 0.25) is 0 Å². The Hall–Kier alpha value is -3.70. The third kappa shape index (κ3) is 3.81. The fourth-order valence-corrected chi connectivity index (χ4v) is 3.81. The highest BCUT2D eigenvalue weighted by Crippen LogP contribution is 2.32. The Morgan fingerprint density at radius 2 is 1.97 bits per heavy atom. The van der Waals surface area contributed by atoms with Crippen LogP contribution in [0.4, 0.5) is 13.9 Å². The predicted octanol–water partition coefficient (Wildman–Crippen LogP) is 4.69. The minimum absolute atomic E-state index is 0.00946. The molecule has 0 bridgehead atoms. The first-order valence-electron chi connectivity index (χ1n) is 8.51. The van der Waals surface area contributed by atoms with Crippen LogP contribution in [0, 0.1) is 23.0 Å². The van der Waals surface area contributed by atoms with E-state index < -0.39 is 11.6 Å². The minimum atomic E-state index is -0.783. The number of nitriles is 1. The second-order valence-corrected chi connectivity index (χ2v) is 7.18. The Labute approximate surface area is 168 Å². The second-order valence-electron chi connectivity index (χ2n) is 6.17. The summed E-state index contributed by atoms with van der Waals surface area (Å²) in [5.74, 6) is -1.87. The summed E-state index contributed by atoms with van der Waals surface area (Å²) >= 11 is 1.02. The number of pyridine rings is 1. The Kier molecular flexibility index (Phi) is 4.97. The molecule has 29 heavy (non-hydrogen) atoms. The number of carbonyl (C=O) groups excluding carboxylic acids is 1. The standard InChI is InChI=1S/C21H12F2N4OS/c22-16-8-17(23)19-18(9-16)29-21(26-19)27(12-14-2-1-7-25-11-14)20(28)15-5-3-13(10-24)4-6-15/h1-9,11H,12H2. The quantitative estimate of drug-likeness (QED) is 0.493. The van der Waals surface area contributed by atoms with Crippen LogP contribution in [0.25, 0.3) is 10.2 Å². The van der Waals surface area contributed by atoms with Gasteiger partial charge in [0.15, 0.2) is 10.9 Å². The number of thiazole rings is 1. The second kappa shape index (κ2) is 7.73. The summed E-state index contributed by atoms with van der Waals surface area (Å²) in [6, 6.07) is 13.7. The van der Waals surface area contributed by atoms with Crippen molar-refractivity contribution in [3.05, 3.63) is 89.2 Å². The van der Waals surface area contributed by atoms with Crippen LogP contribution in [-0.2, 0) is 6.54 Å². The number of fused-ring (bicyclic) bond motifs is 1. The van der Waals surface area contributed by atoms with Crippen LogP contribution in [0.2, 0.25) is 0 Å². The average molecular weight is 406 g/mol. The van der Waals surface area contributed by atoms with Gasteiger partial charge in [-0.15, -0.1) is 0 Å². The summed E-state index contributed by atoms with van der Waals surface area (Å²) in [6.07, 6.45) is 3.23. The monoisotopic (exact) mass is 406 g/mol. The molecule has 2 heterocycles. The highest BCUT2D eigenvalue weighted by atomic mass is 32.1. The van der Waals surface area contributed by atoms with Crippen molar-refractivity contribution in [2.75, 3.05) is 4.90 Å². The number of benzene rings is 2. The van der Waals surface area contributed by atoms with Gasteiger partial charge in [0, 0.05) is 24.0 Å². The van der Waals surface area contributed by atoms with Crippen molar-refractivity contribution in [3.8, 4) is 6.07 Å². The van der Waals surface area contributed by atoms with E-state index in [-0.39, 0.29) is 23.1 Å². The van der Waals surface area contributed by atoms with E-state index >= 15 is 0 Å². The molecular formula is C21H12F2N4OS. The number of hydrogen-bond acceptors (Lipinski definition) is 5. The molecule has 0 radical (unpaired) electrons. The molecule has 0 aliphatic rings. The summed E-state index contributed by atoms with van der Waals surface area (Å²) in [4.78, 5) is 22.9.